The van der Waals surface area contributed by atoms with E-state index in [2.05, 4.69) is 19.6 Å². The molecule has 0 aromatic rings. The molecule has 1 unspecified atom stereocenters. The Kier molecular flexibility index (Phi) is 6.27. The molecule has 0 aliphatic heterocycles. The number of rotatable bonds is 6. The fraction of sp³-hybridized carbons (Fsp3) is 0.846. The highest BCUT2D eigenvalue weighted by Crippen LogP contribution is 2.16. The zero-order valence-corrected chi connectivity index (χ0v) is 13.6. The first kappa shape index (κ1) is 16.5. The lowest BCUT2D eigenvalue weighted by Crippen LogP contribution is -2.28. The smallest absolute Gasteiger partial charge is 0.263 e. The molecule has 0 radical (unpaired) electrons. The highest BCUT2D eigenvalue weighted by molar-refractivity contribution is 6.69. The third-order valence-electron chi connectivity index (χ3n) is 1.60. The fourth-order valence-corrected chi connectivity index (χ4v) is 2.07. The van der Waals surface area contributed by atoms with Crippen LogP contribution >= 0.6 is 0 Å². The summed E-state index contributed by atoms with van der Waals surface area (Å²) in [4.78, 5) is 0. The van der Waals surface area contributed by atoms with Gasteiger partial charge in [0.25, 0.3) is 5.95 Å². The largest absolute Gasteiger partial charge is 0.520 e. The normalized spacial score (nSPS) is 15.6. The average Bonchev–Trinajstić information content (AvgIpc) is 1.95. The Labute approximate surface area is 107 Å². The molecule has 102 valence electrons. The van der Waals surface area contributed by atoms with Gasteiger partial charge in [0.05, 0.1) is 18.3 Å². The highest BCUT2D eigenvalue weighted by atomic mass is 28.4. The van der Waals surface area contributed by atoms with E-state index < -0.39 is 8.32 Å². The van der Waals surface area contributed by atoms with Crippen molar-refractivity contribution in [1.82, 2.24) is 0 Å². The topological polar surface area (TPSA) is 27.7 Å². The van der Waals surface area contributed by atoms with Crippen LogP contribution in [-0.2, 0) is 13.9 Å². The second-order valence-electron chi connectivity index (χ2n) is 6.07. The number of hydrogen-bond donors (Lipinski definition) is 0. The van der Waals surface area contributed by atoms with E-state index in [1.165, 1.54) is 0 Å². The zero-order valence-electron chi connectivity index (χ0n) is 12.6. The standard InChI is InChI=1S/C13H28O3Si/c1-9-14-12(16-17(6,7)8)10-11(2)15-13(3,4)5/h10-11H,9H2,1-8H3/b12-10+. The molecule has 0 fully saturated rings. The molecule has 0 aromatic heterocycles. The lowest BCUT2D eigenvalue weighted by molar-refractivity contribution is -0.0337. The van der Waals surface area contributed by atoms with Gasteiger partial charge in [0, 0.05) is 6.08 Å². The summed E-state index contributed by atoms with van der Waals surface area (Å²) < 4.78 is 17.2. The SMILES string of the molecule is CCO/C(=C\C(C)OC(C)(C)C)O[Si](C)(C)C. The van der Waals surface area contributed by atoms with Crippen molar-refractivity contribution in [2.24, 2.45) is 0 Å². The second kappa shape index (κ2) is 6.45. The van der Waals surface area contributed by atoms with Crippen LogP contribution in [0.2, 0.25) is 19.6 Å². The summed E-state index contributed by atoms with van der Waals surface area (Å²) in [7, 11) is -1.63. The summed E-state index contributed by atoms with van der Waals surface area (Å²) in [5.74, 6) is 0.600. The Morgan fingerprint density at radius 1 is 1.24 bits per heavy atom. The van der Waals surface area contributed by atoms with Crippen LogP contribution in [0.25, 0.3) is 0 Å². The van der Waals surface area contributed by atoms with E-state index in [9.17, 15) is 0 Å². The molecule has 17 heavy (non-hydrogen) atoms. The molecular weight excluding hydrogens is 232 g/mol. The van der Waals surface area contributed by atoms with Crippen LogP contribution in [0.5, 0.6) is 0 Å². The molecule has 0 saturated heterocycles. The Balaban J connectivity index is 4.58. The van der Waals surface area contributed by atoms with Gasteiger partial charge in [-0.3, -0.25) is 0 Å². The lowest BCUT2D eigenvalue weighted by Gasteiger charge is -2.25. The maximum atomic E-state index is 5.86. The zero-order chi connectivity index (χ0) is 13.7. The maximum absolute atomic E-state index is 5.86. The first-order chi connectivity index (χ1) is 7.53. The number of ether oxygens (including phenoxy) is 2. The van der Waals surface area contributed by atoms with E-state index in [0.29, 0.717) is 12.6 Å². The van der Waals surface area contributed by atoms with Crippen molar-refractivity contribution in [2.75, 3.05) is 6.61 Å². The summed E-state index contributed by atoms with van der Waals surface area (Å²) in [6.07, 6.45) is 1.89. The second-order valence-corrected chi connectivity index (χ2v) is 10.5. The molecular formula is C13H28O3Si. The van der Waals surface area contributed by atoms with Crippen LogP contribution in [-0.4, -0.2) is 26.6 Å². The summed E-state index contributed by atoms with van der Waals surface area (Å²) in [5.41, 5.74) is -0.160. The molecule has 0 spiro atoms. The van der Waals surface area contributed by atoms with Gasteiger partial charge < -0.3 is 13.9 Å². The van der Waals surface area contributed by atoms with Crippen LogP contribution in [0.4, 0.5) is 0 Å². The van der Waals surface area contributed by atoms with Gasteiger partial charge in [-0.2, -0.15) is 0 Å². The molecule has 0 N–H and O–H groups in total. The Bertz CT molecular complexity index is 248. The van der Waals surface area contributed by atoms with Crippen LogP contribution in [0, 0.1) is 0 Å². The van der Waals surface area contributed by atoms with Crippen LogP contribution in [0.3, 0.4) is 0 Å². The van der Waals surface area contributed by atoms with E-state index in [-0.39, 0.29) is 11.7 Å². The summed E-state index contributed by atoms with van der Waals surface area (Å²) in [5, 5.41) is 0. The Hall–Kier alpha value is -0.483. The molecule has 0 bridgehead atoms. The first-order valence-corrected chi connectivity index (χ1v) is 9.66. The third-order valence-corrected chi connectivity index (χ3v) is 2.42. The van der Waals surface area contributed by atoms with Crippen molar-refractivity contribution in [3.63, 3.8) is 0 Å². The van der Waals surface area contributed by atoms with Gasteiger partial charge >= 0.3 is 0 Å². The van der Waals surface area contributed by atoms with Gasteiger partial charge in [-0.15, -0.1) is 0 Å². The molecule has 0 aromatic carbocycles. The van der Waals surface area contributed by atoms with Gasteiger partial charge in [-0.05, 0) is 54.3 Å². The Morgan fingerprint density at radius 2 is 1.76 bits per heavy atom. The fourth-order valence-electron chi connectivity index (χ4n) is 1.34. The first-order valence-electron chi connectivity index (χ1n) is 6.25. The predicted molar refractivity (Wildman–Crippen MR) is 74.4 cm³/mol. The van der Waals surface area contributed by atoms with Gasteiger partial charge in [0.15, 0.2) is 0 Å². The molecule has 0 amide bonds. The molecule has 0 rings (SSSR count). The third kappa shape index (κ3) is 10.4. The minimum Gasteiger partial charge on any atom is -0.520 e. The van der Waals surface area contributed by atoms with Gasteiger partial charge in [-0.1, -0.05) is 0 Å². The maximum Gasteiger partial charge on any atom is 0.263 e. The molecule has 4 heteroatoms. The molecule has 0 saturated carbocycles. The van der Waals surface area contributed by atoms with E-state index in [0.717, 1.165) is 0 Å². The minimum absolute atomic E-state index is 0.0205. The van der Waals surface area contributed by atoms with E-state index in [4.69, 9.17) is 13.9 Å². The summed E-state index contributed by atoms with van der Waals surface area (Å²) in [6.45, 7) is 17.1. The van der Waals surface area contributed by atoms with Crippen LogP contribution in [0.15, 0.2) is 12.0 Å². The molecule has 0 aliphatic carbocycles. The van der Waals surface area contributed by atoms with Crippen molar-refractivity contribution in [3.05, 3.63) is 12.0 Å². The molecule has 3 nitrogen and oxygen atoms in total. The lowest BCUT2D eigenvalue weighted by atomic mass is 10.2. The molecule has 0 aliphatic rings. The minimum atomic E-state index is -1.63. The van der Waals surface area contributed by atoms with Crippen LogP contribution < -0.4 is 0 Å². The predicted octanol–water partition coefficient (Wildman–Crippen LogP) is 3.92. The van der Waals surface area contributed by atoms with Gasteiger partial charge in [-0.25, -0.2) is 0 Å². The van der Waals surface area contributed by atoms with Crippen molar-refractivity contribution < 1.29 is 13.9 Å². The van der Waals surface area contributed by atoms with E-state index in [1.54, 1.807) is 0 Å². The van der Waals surface area contributed by atoms with Crippen molar-refractivity contribution >= 4 is 8.32 Å². The van der Waals surface area contributed by atoms with Gasteiger partial charge in [0.1, 0.15) is 0 Å². The molecule has 1 atom stereocenters. The van der Waals surface area contributed by atoms with Crippen molar-refractivity contribution in [3.8, 4) is 0 Å². The van der Waals surface area contributed by atoms with Crippen molar-refractivity contribution in [2.45, 2.75) is 66.0 Å². The summed E-state index contributed by atoms with van der Waals surface area (Å²) >= 11 is 0. The van der Waals surface area contributed by atoms with Crippen molar-refractivity contribution in [1.29, 1.82) is 0 Å². The van der Waals surface area contributed by atoms with E-state index in [1.807, 2.05) is 40.7 Å². The quantitative estimate of drug-likeness (QED) is 0.535. The van der Waals surface area contributed by atoms with Crippen LogP contribution in [0.1, 0.15) is 34.6 Å². The number of hydrogen-bond acceptors (Lipinski definition) is 3. The van der Waals surface area contributed by atoms with E-state index >= 15 is 0 Å². The monoisotopic (exact) mass is 260 g/mol. The van der Waals surface area contributed by atoms with Gasteiger partial charge in [0.2, 0.25) is 8.32 Å². The molecule has 0 heterocycles. The summed E-state index contributed by atoms with van der Waals surface area (Å²) in [6, 6.07) is 0. The average molecular weight is 260 g/mol. The highest BCUT2D eigenvalue weighted by Gasteiger charge is 2.20. The Morgan fingerprint density at radius 3 is 2.12 bits per heavy atom.